The summed E-state index contributed by atoms with van der Waals surface area (Å²) in [5, 5.41) is 3.16. The Morgan fingerprint density at radius 1 is 1.40 bits per heavy atom. The molecule has 0 spiro atoms. The van der Waals surface area contributed by atoms with Crippen molar-refractivity contribution >= 4 is 11.6 Å². The van der Waals surface area contributed by atoms with Gasteiger partial charge in [0.1, 0.15) is 0 Å². The molecule has 15 heavy (non-hydrogen) atoms. The van der Waals surface area contributed by atoms with E-state index in [0.29, 0.717) is 12.5 Å². The fraction of sp³-hybridized carbons (Fsp3) is 0.417. The number of anilines is 1. The first-order valence-corrected chi connectivity index (χ1v) is 5.34. The number of guanidine groups is 1. The summed E-state index contributed by atoms with van der Waals surface area (Å²) in [6.45, 7) is 6.87. The van der Waals surface area contributed by atoms with E-state index in [-0.39, 0.29) is 0 Å². The van der Waals surface area contributed by atoms with E-state index < -0.39 is 0 Å². The van der Waals surface area contributed by atoms with Crippen LogP contribution in [0.25, 0.3) is 0 Å². The molecule has 0 amide bonds. The lowest BCUT2D eigenvalue weighted by Crippen LogP contribution is -2.23. The van der Waals surface area contributed by atoms with Crippen molar-refractivity contribution < 1.29 is 0 Å². The molecule has 0 aromatic heterocycles. The summed E-state index contributed by atoms with van der Waals surface area (Å²) in [6.07, 6.45) is 0.990. The quantitative estimate of drug-likeness (QED) is 0.587. The highest BCUT2D eigenvalue weighted by Gasteiger charge is 2.04. The highest BCUT2D eigenvalue weighted by molar-refractivity contribution is 5.93. The molecule has 0 unspecified atom stereocenters. The van der Waals surface area contributed by atoms with Gasteiger partial charge in [-0.3, -0.25) is 4.99 Å². The molecule has 0 atom stereocenters. The maximum Gasteiger partial charge on any atom is 0.193 e. The van der Waals surface area contributed by atoms with Crippen LogP contribution in [0.4, 0.5) is 5.69 Å². The number of aryl methyl sites for hydroxylation is 2. The van der Waals surface area contributed by atoms with Gasteiger partial charge in [0.2, 0.25) is 0 Å². The molecule has 3 N–H and O–H groups in total. The smallest absolute Gasteiger partial charge is 0.193 e. The van der Waals surface area contributed by atoms with Crippen molar-refractivity contribution in [3.8, 4) is 0 Å². The lowest BCUT2D eigenvalue weighted by Gasteiger charge is -2.13. The molecule has 3 nitrogen and oxygen atoms in total. The van der Waals surface area contributed by atoms with Gasteiger partial charge in [0.25, 0.3) is 0 Å². The molecule has 0 radical (unpaired) electrons. The van der Waals surface area contributed by atoms with E-state index in [1.165, 1.54) is 11.1 Å². The van der Waals surface area contributed by atoms with E-state index >= 15 is 0 Å². The van der Waals surface area contributed by atoms with Crippen molar-refractivity contribution in [2.75, 3.05) is 11.9 Å². The van der Waals surface area contributed by atoms with E-state index in [1.807, 2.05) is 6.92 Å². The van der Waals surface area contributed by atoms with Crippen LogP contribution in [-0.2, 0) is 6.42 Å². The molecular weight excluding hydrogens is 186 g/mol. The summed E-state index contributed by atoms with van der Waals surface area (Å²) in [5.74, 6) is 0.487. The van der Waals surface area contributed by atoms with E-state index in [9.17, 15) is 0 Å². The number of nitrogens with one attached hydrogen (secondary N) is 1. The number of hydrogen-bond acceptors (Lipinski definition) is 1. The number of hydrogen-bond donors (Lipinski definition) is 2. The third-order valence-corrected chi connectivity index (χ3v) is 2.32. The molecule has 0 fully saturated rings. The zero-order valence-corrected chi connectivity index (χ0v) is 9.67. The van der Waals surface area contributed by atoms with Gasteiger partial charge in [0, 0.05) is 12.2 Å². The highest BCUT2D eigenvalue weighted by atomic mass is 15.1. The summed E-state index contributed by atoms with van der Waals surface area (Å²) in [7, 11) is 0. The van der Waals surface area contributed by atoms with Gasteiger partial charge >= 0.3 is 0 Å². The van der Waals surface area contributed by atoms with Crippen LogP contribution < -0.4 is 11.1 Å². The summed E-state index contributed by atoms with van der Waals surface area (Å²) in [4.78, 5) is 4.12. The molecule has 3 heteroatoms. The van der Waals surface area contributed by atoms with Crippen molar-refractivity contribution in [3.05, 3.63) is 29.3 Å². The molecule has 0 aliphatic rings. The van der Waals surface area contributed by atoms with Crippen molar-refractivity contribution in [2.24, 2.45) is 10.7 Å². The second kappa shape index (κ2) is 5.39. The Balaban J connectivity index is 2.97. The minimum absolute atomic E-state index is 0.487. The van der Waals surface area contributed by atoms with Gasteiger partial charge in [0.15, 0.2) is 5.96 Å². The molecule has 1 rings (SSSR count). The van der Waals surface area contributed by atoms with Gasteiger partial charge in [-0.15, -0.1) is 0 Å². The van der Waals surface area contributed by atoms with Gasteiger partial charge in [-0.05, 0) is 31.4 Å². The Labute approximate surface area is 91.4 Å². The predicted octanol–water partition coefficient (Wildman–Crippen LogP) is 2.30. The van der Waals surface area contributed by atoms with Crippen LogP contribution in [0.15, 0.2) is 23.2 Å². The first-order valence-electron chi connectivity index (χ1n) is 5.34. The van der Waals surface area contributed by atoms with Crippen LogP contribution in [0.5, 0.6) is 0 Å². The van der Waals surface area contributed by atoms with E-state index in [4.69, 9.17) is 5.73 Å². The maximum absolute atomic E-state index is 5.75. The first kappa shape index (κ1) is 11.6. The number of para-hydroxylation sites is 1. The van der Waals surface area contributed by atoms with Crippen molar-refractivity contribution in [1.29, 1.82) is 0 Å². The molecule has 1 aromatic carbocycles. The Morgan fingerprint density at radius 2 is 2.13 bits per heavy atom. The fourth-order valence-corrected chi connectivity index (χ4v) is 1.54. The third-order valence-electron chi connectivity index (χ3n) is 2.32. The number of aliphatic imine (C=N–C) groups is 1. The lowest BCUT2D eigenvalue weighted by molar-refractivity contribution is 1.11. The van der Waals surface area contributed by atoms with Gasteiger partial charge in [-0.1, -0.05) is 25.1 Å². The van der Waals surface area contributed by atoms with E-state index in [2.05, 4.69) is 42.4 Å². The van der Waals surface area contributed by atoms with Crippen molar-refractivity contribution in [2.45, 2.75) is 27.2 Å². The third kappa shape index (κ3) is 2.98. The SMILES string of the molecule is CCN=C(N)Nc1c(C)cccc1CC. The minimum Gasteiger partial charge on any atom is -0.370 e. The van der Waals surface area contributed by atoms with Gasteiger partial charge in [0.05, 0.1) is 0 Å². The second-order valence-corrected chi connectivity index (χ2v) is 3.45. The average molecular weight is 205 g/mol. The number of benzene rings is 1. The first-order chi connectivity index (χ1) is 7.19. The number of nitrogens with zero attached hydrogens (tertiary/aromatic N) is 1. The predicted molar refractivity (Wildman–Crippen MR) is 66.3 cm³/mol. The largest absolute Gasteiger partial charge is 0.370 e. The standard InChI is InChI=1S/C12H19N3/c1-4-10-8-6-7-9(3)11(10)15-12(13)14-5-2/h6-8H,4-5H2,1-3H3,(H3,13,14,15). The lowest BCUT2D eigenvalue weighted by atomic mass is 10.1. The Kier molecular flexibility index (Phi) is 4.16. The molecule has 0 bridgehead atoms. The summed E-state index contributed by atoms with van der Waals surface area (Å²) < 4.78 is 0. The Hall–Kier alpha value is -1.51. The molecule has 0 aliphatic heterocycles. The van der Waals surface area contributed by atoms with Gasteiger partial charge in [-0.2, -0.15) is 0 Å². The van der Waals surface area contributed by atoms with E-state index in [0.717, 1.165) is 12.1 Å². The minimum atomic E-state index is 0.487. The van der Waals surface area contributed by atoms with Crippen molar-refractivity contribution in [1.82, 2.24) is 0 Å². The zero-order chi connectivity index (χ0) is 11.3. The zero-order valence-electron chi connectivity index (χ0n) is 9.67. The van der Waals surface area contributed by atoms with E-state index in [1.54, 1.807) is 0 Å². The summed E-state index contributed by atoms with van der Waals surface area (Å²) in [6, 6.07) is 6.24. The normalized spacial score (nSPS) is 11.5. The maximum atomic E-state index is 5.75. The molecule has 1 aromatic rings. The van der Waals surface area contributed by atoms with Crippen LogP contribution in [0, 0.1) is 6.92 Å². The molecule has 0 heterocycles. The molecule has 0 aliphatic carbocycles. The molecule has 0 saturated heterocycles. The topological polar surface area (TPSA) is 50.4 Å². The number of nitrogens with two attached hydrogens (primary N) is 1. The fourth-order valence-electron chi connectivity index (χ4n) is 1.54. The van der Waals surface area contributed by atoms with Crippen molar-refractivity contribution in [3.63, 3.8) is 0 Å². The van der Waals surface area contributed by atoms with Crippen LogP contribution >= 0.6 is 0 Å². The van der Waals surface area contributed by atoms with Crippen LogP contribution in [-0.4, -0.2) is 12.5 Å². The molecule has 0 saturated carbocycles. The van der Waals surface area contributed by atoms with Crippen LogP contribution in [0.1, 0.15) is 25.0 Å². The van der Waals surface area contributed by atoms with Crippen LogP contribution in [0.2, 0.25) is 0 Å². The molecule has 82 valence electrons. The Morgan fingerprint density at radius 3 is 2.73 bits per heavy atom. The van der Waals surface area contributed by atoms with Gasteiger partial charge < -0.3 is 11.1 Å². The monoisotopic (exact) mass is 205 g/mol. The summed E-state index contributed by atoms with van der Waals surface area (Å²) >= 11 is 0. The average Bonchev–Trinajstić information content (AvgIpc) is 2.21. The Bertz CT molecular complexity index is 356. The van der Waals surface area contributed by atoms with Gasteiger partial charge in [-0.25, -0.2) is 0 Å². The van der Waals surface area contributed by atoms with Crippen LogP contribution in [0.3, 0.4) is 0 Å². The molecular formula is C12H19N3. The number of rotatable bonds is 3. The summed E-state index contributed by atoms with van der Waals surface area (Å²) in [5.41, 5.74) is 9.31. The highest BCUT2D eigenvalue weighted by Crippen LogP contribution is 2.20. The second-order valence-electron chi connectivity index (χ2n) is 3.45.